The van der Waals surface area contributed by atoms with Crippen LogP contribution in [0.25, 0.3) is 0 Å². The van der Waals surface area contributed by atoms with E-state index in [-0.39, 0.29) is 18.8 Å². The molecule has 0 bridgehead atoms. The van der Waals surface area contributed by atoms with E-state index in [9.17, 15) is 0 Å². The van der Waals surface area contributed by atoms with E-state index in [0.717, 1.165) is 6.42 Å². The Labute approximate surface area is 60.5 Å². The fraction of sp³-hybridized carbons (Fsp3) is 0.714. The molecule has 0 aromatic carbocycles. The highest BCUT2D eigenvalue weighted by Crippen LogP contribution is 2.11. The van der Waals surface area contributed by atoms with Gasteiger partial charge in [-0.25, -0.2) is 0 Å². The van der Waals surface area contributed by atoms with Crippen LogP contribution in [0.3, 0.4) is 0 Å². The van der Waals surface area contributed by atoms with E-state index in [0.29, 0.717) is 6.61 Å². The topological polar surface area (TPSA) is 55.5 Å². The molecule has 1 aliphatic rings. The van der Waals surface area contributed by atoms with Crippen LogP contribution in [0.1, 0.15) is 6.42 Å². The van der Waals surface area contributed by atoms with Crippen molar-refractivity contribution in [1.82, 2.24) is 0 Å². The van der Waals surface area contributed by atoms with Gasteiger partial charge in [0, 0.05) is 6.04 Å². The molecule has 0 spiro atoms. The summed E-state index contributed by atoms with van der Waals surface area (Å²) in [5.41, 5.74) is 5.57. The summed E-state index contributed by atoms with van der Waals surface area (Å²) in [4.78, 5) is 0. The molecule has 3 N–H and O–H groups in total. The number of aliphatic hydroxyl groups is 1. The molecular weight excluding hydrogens is 130 g/mol. The lowest BCUT2D eigenvalue weighted by molar-refractivity contribution is 0.0533. The largest absolute Gasteiger partial charge is 0.394 e. The zero-order valence-electron chi connectivity index (χ0n) is 5.86. The van der Waals surface area contributed by atoms with Gasteiger partial charge in [0.05, 0.1) is 19.3 Å². The van der Waals surface area contributed by atoms with E-state index in [4.69, 9.17) is 15.6 Å². The zero-order chi connectivity index (χ0) is 7.40. The first-order valence-electron chi connectivity index (χ1n) is 3.49. The summed E-state index contributed by atoms with van der Waals surface area (Å²) in [6.07, 6.45) is 4.85. The third-order valence-electron chi connectivity index (χ3n) is 1.50. The van der Waals surface area contributed by atoms with Crippen molar-refractivity contribution >= 4 is 0 Å². The number of hydrogen-bond donors (Lipinski definition) is 2. The molecule has 0 saturated heterocycles. The highest BCUT2D eigenvalue weighted by Gasteiger charge is 2.14. The minimum atomic E-state index is 0.0829. The highest BCUT2D eigenvalue weighted by molar-refractivity contribution is 5.05. The Morgan fingerprint density at radius 2 is 2.40 bits per heavy atom. The van der Waals surface area contributed by atoms with Crippen molar-refractivity contribution in [2.75, 3.05) is 13.2 Å². The monoisotopic (exact) mass is 143 g/mol. The van der Waals surface area contributed by atoms with Crippen LogP contribution in [0.15, 0.2) is 12.2 Å². The summed E-state index contributed by atoms with van der Waals surface area (Å²) in [5.74, 6) is 0. The summed E-state index contributed by atoms with van der Waals surface area (Å²) in [6, 6.07) is 0.142. The molecule has 3 heteroatoms. The molecule has 0 fully saturated rings. The maximum absolute atomic E-state index is 8.41. The molecule has 0 saturated carbocycles. The second kappa shape index (κ2) is 3.71. The van der Waals surface area contributed by atoms with Crippen molar-refractivity contribution in [2.45, 2.75) is 18.6 Å². The lowest BCUT2D eigenvalue weighted by Crippen LogP contribution is -2.19. The van der Waals surface area contributed by atoms with Crippen molar-refractivity contribution in [2.24, 2.45) is 5.73 Å². The molecular formula is C7H13NO2. The molecule has 0 unspecified atom stereocenters. The molecule has 2 atom stereocenters. The Bertz CT molecular complexity index is 125. The lowest BCUT2D eigenvalue weighted by atomic mass is 10.2. The van der Waals surface area contributed by atoms with Crippen LogP contribution in [-0.2, 0) is 4.74 Å². The first-order chi connectivity index (χ1) is 4.83. The van der Waals surface area contributed by atoms with Gasteiger partial charge in [-0.3, -0.25) is 0 Å². The van der Waals surface area contributed by atoms with Crippen LogP contribution < -0.4 is 5.73 Å². The number of aliphatic hydroxyl groups excluding tert-OH is 1. The van der Waals surface area contributed by atoms with Gasteiger partial charge in [0.25, 0.3) is 0 Å². The first-order valence-corrected chi connectivity index (χ1v) is 3.49. The second-order valence-electron chi connectivity index (χ2n) is 2.42. The summed E-state index contributed by atoms with van der Waals surface area (Å²) < 4.78 is 5.21. The molecule has 0 aliphatic heterocycles. The summed E-state index contributed by atoms with van der Waals surface area (Å²) >= 11 is 0. The number of ether oxygens (including phenoxy) is 1. The van der Waals surface area contributed by atoms with Crippen LogP contribution in [0.4, 0.5) is 0 Å². The van der Waals surface area contributed by atoms with Crippen LogP contribution in [0.5, 0.6) is 0 Å². The van der Waals surface area contributed by atoms with Gasteiger partial charge in [-0.15, -0.1) is 0 Å². The summed E-state index contributed by atoms with van der Waals surface area (Å²) in [6.45, 7) is 0.487. The van der Waals surface area contributed by atoms with Gasteiger partial charge < -0.3 is 15.6 Å². The summed E-state index contributed by atoms with van der Waals surface area (Å²) in [7, 11) is 0. The van der Waals surface area contributed by atoms with Crippen molar-refractivity contribution in [1.29, 1.82) is 0 Å². The van der Waals surface area contributed by atoms with Gasteiger partial charge in [-0.2, -0.15) is 0 Å². The minimum absolute atomic E-state index is 0.0829. The third-order valence-corrected chi connectivity index (χ3v) is 1.50. The number of hydrogen-bond acceptors (Lipinski definition) is 3. The van der Waals surface area contributed by atoms with E-state index in [1.807, 2.05) is 12.2 Å². The molecule has 58 valence electrons. The van der Waals surface area contributed by atoms with Crippen LogP contribution in [-0.4, -0.2) is 30.5 Å². The van der Waals surface area contributed by atoms with E-state index in [2.05, 4.69) is 0 Å². The Hall–Kier alpha value is -0.380. The van der Waals surface area contributed by atoms with E-state index < -0.39 is 0 Å². The Morgan fingerprint density at radius 1 is 1.60 bits per heavy atom. The molecule has 0 heterocycles. The smallest absolute Gasteiger partial charge is 0.0775 e. The van der Waals surface area contributed by atoms with Crippen molar-refractivity contribution < 1.29 is 9.84 Å². The molecule has 0 radical (unpaired) electrons. The predicted octanol–water partition coefficient (Wildman–Crippen LogP) is -0.349. The average Bonchev–Trinajstić information content (AvgIpc) is 2.31. The van der Waals surface area contributed by atoms with E-state index in [1.165, 1.54) is 0 Å². The fourth-order valence-electron chi connectivity index (χ4n) is 1.02. The highest BCUT2D eigenvalue weighted by atomic mass is 16.5. The van der Waals surface area contributed by atoms with Gasteiger partial charge in [-0.05, 0) is 6.42 Å². The van der Waals surface area contributed by atoms with E-state index in [1.54, 1.807) is 0 Å². The minimum Gasteiger partial charge on any atom is -0.394 e. The summed E-state index contributed by atoms with van der Waals surface area (Å²) in [5, 5.41) is 8.41. The predicted molar refractivity (Wildman–Crippen MR) is 38.6 cm³/mol. The van der Waals surface area contributed by atoms with Gasteiger partial charge in [0.2, 0.25) is 0 Å². The molecule has 10 heavy (non-hydrogen) atoms. The van der Waals surface area contributed by atoms with Crippen molar-refractivity contribution in [3.05, 3.63) is 12.2 Å². The first kappa shape index (κ1) is 7.72. The standard InChI is InChI=1S/C7H13NO2/c8-6-1-2-7(5-6)10-4-3-9/h1-2,6-7,9H,3-5,8H2/t6-,7+/m0/s1. The maximum atomic E-state index is 8.41. The SMILES string of the molecule is N[C@H]1C=C[C@@H](OCCO)C1. The Balaban J connectivity index is 2.14. The number of rotatable bonds is 3. The molecule has 3 nitrogen and oxygen atoms in total. The lowest BCUT2D eigenvalue weighted by Gasteiger charge is -2.08. The fourth-order valence-corrected chi connectivity index (χ4v) is 1.02. The van der Waals surface area contributed by atoms with E-state index >= 15 is 0 Å². The van der Waals surface area contributed by atoms with Crippen molar-refractivity contribution in [3.63, 3.8) is 0 Å². The van der Waals surface area contributed by atoms with Gasteiger partial charge in [0.15, 0.2) is 0 Å². The number of nitrogens with two attached hydrogens (primary N) is 1. The van der Waals surface area contributed by atoms with Gasteiger partial charge in [-0.1, -0.05) is 12.2 Å². The molecule has 1 aliphatic carbocycles. The Kier molecular flexibility index (Phi) is 2.86. The normalized spacial score (nSPS) is 31.4. The average molecular weight is 143 g/mol. The van der Waals surface area contributed by atoms with Crippen molar-refractivity contribution in [3.8, 4) is 0 Å². The molecule has 0 aromatic rings. The van der Waals surface area contributed by atoms with Crippen LogP contribution in [0.2, 0.25) is 0 Å². The molecule has 0 aromatic heterocycles. The van der Waals surface area contributed by atoms with Crippen LogP contribution >= 0.6 is 0 Å². The Morgan fingerprint density at radius 3 is 2.90 bits per heavy atom. The van der Waals surface area contributed by atoms with Gasteiger partial charge in [0.1, 0.15) is 0 Å². The third kappa shape index (κ3) is 2.10. The maximum Gasteiger partial charge on any atom is 0.0775 e. The molecule has 1 rings (SSSR count). The zero-order valence-corrected chi connectivity index (χ0v) is 5.86. The quantitative estimate of drug-likeness (QED) is 0.531. The van der Waals surface area contributed by atoms with Crippen LogP contribution in [0, 0.1) is 0 Å². The second-order valence-corrected chi connectivity index (χ2v) is 2.42. The van der Waals surface area contributed by atoms with Gasteiger partial charge >= 0.3 is 0 Å². The molecule has 0 amide bonds.